The minimum atomic E-state index is -0.468. The van der Waals surface area contributed by atoms with Gasteiger partial charge in [-0.1, -0.05) is 60.2 Å². The van der Waals surface area contributed by atoms with E-state index in [1.165, 1.54) is 10.5 Å². The number of likely N-dealkylation sites (tertiary alicyclic amines) is 1. The summed E-state index contributed by atoms with van der Waals surface area (Å²) >= 11 is 0. The highest BCUT2D eigenvalue weighted by atomic mass is 16.7. The summed E-state index contributed by atoms with van der Waals surface area (Å²) in [5, 5.41) is 0. The number of hydrogen-bond donors (Lipinski definition) is 1. The van der Waals surface area contributed by atoms with Crippen molar-refractivity contribution in [2.45, 2.75) is 31.8 Å². The quantitative estimate of drug-likeness (QED) is 0.817. The molecule has 0 aromatic heterocycles. The van der Waals surface area contributed by atoms with Gasteiger partial charge in [0, 0.05) is 11.1 Å². The first-order valence-electron chi connectivity index (χ1n) is 9.91. The summed E-state index contributed by atoms with van der Waals surface area (Å²) in [6.07, 6.45) is -1.17. The molecule has 0 radical (unpaired) electrons. The Balaban J connectivity index is 1.35. The molecule has 4 heterocycles. The molecule has 5 atom stereocenters. The van der Waals surface area contributed by atoms with Crippen LogP contribution in [0.3, 0.4) is 0 Å². The summed E-state index contributed by atoms with van der Waals surface area (Å²) in [4.78, 5) is 33.5. The zero-order valence-electron chi connectivity index (χ0n) is 15.9. The standard InChI is InChI=1S/C23H20N2O4/c1-12-7-9-14(10-8-12)18-17-19-15-16(20(28-19)21(17)29-24-18)23(27)25(22(15)26)11-13-5-3-2-4-6-13/h2-10,15-16,19-21,24H,11H2,1H3/t15-,16+,19+,20-,21+/m0/s1. The molecule has 4 aliphatic rings. The molecule has 4 aliphatic heterocycles. The van der Waals surface area contributed by atoms with Crippen molar-refractivity contribution in [2.24, 2.45) is 11.8 Å². The lowest BCUT2D eigenvalue weighted by Gasteiger charge is -2.22. The topological polar surface area (TPSA) is 67.9 Å². The van der Waals surface area contributed by atoms with Crippen LogP contribution in [0.15, 0.2) is 60.2 Å². The van der Waals surface area contributed by atoms with Crippen LogP contribution >= 0.6 is 0 Å². The zero-order valence-corrected chi connectivity index (χ0v) is 15.9. The molecule has 0 aliphatic carbocycles. The van der Waals surface area contributed by atoms with Crippen LogP contribution in [0.1, 0.15) is 16.7 Å². The molecule has 0 spiro atoms. The van der Waals surface area contributed by atoms with E-state index in [-0.39, 0.29) is 17.9 Å². The van der Waals surface area contributed by atoms with Crippen molar-refractivity contribution in [3.8, 4) is 0 Å². The van der Waals surface area contributed by atoms with E-state index >= 15 is 0 Å². The first kappa shape index (κ1) is 16.9. The Kier molecular flexibility index (Phi) is 3.52. The SMILES string of the molecule is Cc1ccc(C2=C3[C@@H](ON2)[C@H]2O[C@@H]3[C@H]3C(=O)N(Cc4ccccc4)C(=O)[C@@H]23)cc1. The van der Waals surface area contributed by atoms with Crippen LogP contribution in [-0.4, -0.2) is 35.0 Å². The Labute approximate surface area is 168 Å². The second-order valence-electron chi connectivity index (χ2n) is 8.16. The van der Waals surface area contributed by atoms with Gasteiger partial charge in [0.1, 0.15) is 12.2 Å². The number of fused-ring (bicyclic) bond motifs is 8. The molecule has 2 amide bonds. The van der Waals surface area contributed by atoms with Gasteiger partial charge in [0.15, 0.2) is 0 Å². The minimum Gasteiger partial charge on any atom is -0.366 e. The average molecular weight is 388 g/mol. The second kappa shape index (κ2) is 6.02. The van der Waals surface area contributed by atoms with Crippen molar-refractivity contribution in [1.82, 2.24) is 10.4 Å². The summed E-state index contributed by atoms with van der Waals surface area (Å²) in [5.41, 5.74) is 7.97. The van der Waals surface area contributed by atoms with Gasteiger partial charge in [0.25, 0.3) is 0 Å². The summed E-state index contributed by atoms with van der Waals surface area (Å²) in [5.74, 6) is -1.23. The fraction of sp³-hybridized carbons (Fsp3) is 0.304. The Morgan fingerprint density at radius 3 is 2.41 bits per heavy atom. The Morgan fingerprint density at radius 1 is 0.931 bits per heavy atom. The zero-order chi connectivity index (χ0) is 19.7. The number of aryl methyl sites for hydroxylation is 1. The molecule has 0 unspecified atom stereocenters. The molecular weight excluding hydrogens is 368 g/mol. The maximum Gasteiger partial charge on any atom is 0.236 e. The number of carbonyl (C=O) groups is 2. The third-order valence-corrected chi connectivity index (χ3v) is 6.48. The van der Waals surface area contributed by atoms with Gasteiger partial charge in [-0.15, -0.1) is 0 Å². The first-order valence-corrected chi connectivity index (χ1v) is 9.91. The lowest BCUT2D eigenvalue weighted by molar-refractivity contribution is -0.144. The average Bonchev–Trinajstić information content (AvgIpc) is 3.47. The van der Waals surface area contributed by atoms with Crippen LogP contribution in [0.5, 0.6) is 0 Å². The van der Waals surface area contributed by atoms with E-state index in [1.54, 1.807) is 0 Å². The van der Waals surface area contributed by atoms with Gasteiger partial charge in [0.05, 0.1) is 30.2 Å². The summed E-state index contributed by atoms with van der Waals surface area (Å²) in [6.45, 7) is 2.34. The number of benzene rings is 2. The molecule has 3 fully saturated rings. The predicted molar refractivity (Wildman–Crippen MR) is 104 cm³/mol. The van der Waals surface area contributed by atoms with Crippen LogP contribution in [-0.2, 0) is 25.7 Å². The van der Waals surface area contributed by atoms with E-state index in [2.05, 4.69) is 5.48 Å². The molecule has 6 nitrogen and oxygen atoms in total. The molecule has 3 saturated heterocycles. The maximum absolute atomic E-state index is 13.2. The summed E-state index contributed by atoms with van der Waals surface area (Å²) < 4.78 is 6.13. The highest BCUT2D eigenvalue weighted by Crippen LogP contribution is 2.54. The number of nitrogens with one attached hydrogen (secondary N) is 1. The van der Waals surface area contributed by atoms with Crippen LogP contribution in [0.25, 0.3) is 5.70 Å². The highest BCUT2D eigenvalue weighted by molar-refractivity contribution is 6.07. The van der Waals surface area contributed by atoms with E-state index in [9.17, 15) is 9.59 Å². The van der Waals surface area contributed by atoms with Crippen molar-refractivity contribution >= 4 is 17.5 Å². The van der Waals surface area contributed by atoms with Gasteiger partial charge in [-0.05, 0) is 12.5 Å². The van der Waals surface area contributed by atoms with Crippen LogP contribution < -0.4 is 5.48 Å². The van der Waals surface area contributed by atoms with Gasteiger partial charge >= 0.3 is 0 Å². The lowest BCUT2D eigenvalue weighted by atomic mass is 9.76. The normalized spacial score (nSPS) is 32.0. The molecule has 29 heavy (non-hydrogen) atoms. The van der Waals surface area contributed by atoms with Gasteiger partial charge < -0.3 is 4.74 Å². The monoisotopic (exact) mass is 388 g/mol. The Hall–Kier alpha value is -2.96. The lowest BCUT2D eigenvalue weighted by Crippen LogP contribution is -2.40. The van der Waals surface area contributed by atoms with Crippen LogP contribution in [0.4, 0.5) is 0 Å². The molecule has 0 saturated carbocycles. The number of rotatable bonds is 3. The molecular formula is C23H20N2O4. The third kappa shape index (κ3) is 2.30. The summed E-state index contributed by atoms with van der Waals surface area (Å²) in [6, 6.07) is 17.8. The third-order valence-electron chi connectivity index (χ3n) is 6.48. The number of ether oxygens (including phenoxy) is 1. The molecule has 6 heteroatoms. The van der Waals surface area contributed by atoms with E-state index in [4.69, 9.17) is 9.57 Å². The fourth-order valence-electron chi connectivity index (χ4n) is 5.11. The fourth-order valence-corrected chi connectivity index (χ4v) is 5.11. The molecule has 2 aromatic carbocycles. The number of hydroxylamine groups is 1. The van der Waals surface area contributed by atoms with Crippen molar-refractivity contribution in [3.63, 3.8) is 0 Å². The Morgan fingerprint density at radius 2 is 1.66 bits per heavy atom. The van der Waals surface area contributed by atoms with E-state index < -0.39 is 24.0 Å². The maximum atomic E-state index is 13.2. The molecule has 146 valence electrons. The van der Waals surface area contributed by atoms with Gasteiger partial charge in [-0.25, -0.2) is 0 Å². The smallest absolute Gasteiger partial charge is 0.236 e. The van der Waals surface area contributed by atoms with E-state index in [1.807, 2.05) is 61.5 Å². The van der Waals surface area contributed by atoms with E-state index in [0.29, 0.717) is 6.54 Å². The number of imide groups is 1. The van der Waals surface area contributed by atoms with Gasteiger partial charge in [0.2, 0.25) is 11.8 Å². The minimum absolute atomic E-state index is 0.141. The number of carbonyl (C=O) groups excluding carboxylic acids is 2. The van der Waals surface area contributed by atoms with Gasteiger partial charge in [-0.3, -0.25) is 24.8 Å². The van der Waals surface area contributed by atoms with Crippen LogP contribution in [0.2, 0.25) is 0 Å². The highest BCUT2D eigenvalue weighted by Gasteiger charge is 2.69. The number of nitrogens with zero attached hydrogens (tertiary/aromatic N) is 1. The van der Waals surface area contributed by atoms with Crippen molar-refractivity contribution in [3.05, 3.63) is 76.9 Å². The van der Waals surface area contributed by atoms with Crippen molar-refractivity contribution in [2.75, 3.05) is 0 Å². The Bertz CT molecular complexity index is 1050. The van der Waals surface area contributed by atoms with Crippen molar-refractivity contribution < 1.29 is 19.2 Å². The molecule has 2 aromatic rings. The number of hydrogen-bond acceptors (Lipinski definition) is 5. The van der Waals surface area contributed by atoms with Gasteiger partial charge in [-0.2, -0.15) is 0 Å². The van der Waals surface area contributed by atoms with E-state index in [0.717, 1.165) is 22.4 Å². The van der Waals surface area contributed by atoms with Crippen LogP contribution in [0, 0.1) is 18.8 Å². The van der Waals surface area contributed by atoms with Crippen molar-refractivity contribution in [1.29, 1.82) is 0 Å². The molecule has 2 bridgehead atoms. The molecule has 6 rings (SSSR count). The summed E-state index contributed by atoms with van der Waals surface area (Å²) in [7, 11) is 0. The largest absolute Gasteiger partial charge is 0.366 e. The first-order chi connectivity index (χ1) is 14.1. The second-order valence-corrected chi connectivity index (χ2v) is 8.16. The predicted octanol–water partition coefficient (Wildman–Crippen LogP) is 2.19. The molecule has 1 N–H and O–H groups in total. The number of amides is 2.